The topological polar surface area (TPSA) is 15.6 Å². The summed E-state index contributed by atoms with van der Waals surface area (Å²) in [6.45, 7) is 2.06. The van der Waals surface area contributed by atoms with E-state index in [9.17, 15) is 0 Å². The Morgan fingerprint density at radius 3 is 3.31 bits per heavy atom. The van der Waals surface area contributed by atoms with E-state index in [0.717, 1.165) is 16.6 Å². The molecule has 0 aromatic carbocycles. The third-order valence-corrected chi connectivity index (χ3v) is 2.72. The van der Waals surface area contributed by atoms with Crippen LogP contribution >= 0.6 is 15.9 Å². The SMILES string of the molecule is CC1=CC2=C=CCC=NN2C=C1Br. The van der Waals surface area contributed by atoms with Crippen molar-refractivity contribution >= 4 is 22.1 Å². The Hall–Kier alpha value is -1.05. The summed E-state index contributed by atoms with van der Waals surface area (Å²) in [6.07, 6.45) is 8.70. The van der Waals surface area contributed by atoms with Crippen molar-refractivity contribution < 1.29 is 0 Å². The van der Waals surface area contributed by atoms with Crippen LogP contribution in [0.25, 0.3) is 0 Å². The molecule has 0 amide bonds. The number of nitrogens with zero attached hydrogens (tertiary/aromatic N) is 2. The first-order valence-corrected chi connectivity index (χ1v) is 4.89. The Labute approximate surface area is 85.7 Å². The molecule has 0 fully saturated rings. The van der Waals surface area contributed by atoms with Crippen molar-refractivity contribution in [2.24, 2.45) is 5.10 Å². The van der Waals surface area contributed by atoms with Gasteiger partial charge in [-0.1, -0.05) is 5.73 Å². The van der Waals surface area contributed by atoms with Gasteiger partial charge in [0.1, 0.15) is 5.70 Å². The van der Waals surface area contributed by atoms with E-state index >= 15 is 0 Å². The van der Waals surface area contributed by atoms with Crippen LogP contribution in [-0.4, -0.2) is 11.2 Å². The van der Waals surface area contributed by atoms with Gasteiger partial charge in [0, 0.05) is 23.3 Å². The van der Waals surface area contributed by atoms with E-state index in [-0.39, 0.29) is 0 Å². The molecule has 2 nitrogen and oxygen atoms in total. The van der Waals surface area contributed by atoms with Gasteiger partial charge in [-0.25, -0.2) is 5.01 Å². The highest BCUT2D eigenvalue weighted by atomic mass is 79.9. The van der Waals surface area contributed by atoms with Crippen LogP contribution in [0.2, 0.25) is 0 Å². The molecule has 13 heavy (non-hydrogen) atoms. The molecule has 2 rings (SSSR count). The summed E-state index contributed by atoms with van der Waals surface area (Å²) in [5, 5.41) is 6.08. The van der Waals surface area contributed by atoms with E-state index in [0.29, 0.717) is 0 Å². The third-order valence-electron chi connectivity index (χ3n) is 1.89. The monoisotopic (exact) mass is 236 g/mol. The number of allylic oxidation sites excluding steroid dienone is 3. The zero-order valence-electron chi connectivity index (χ0n) is 7.29. The van der Waals surface area contributed by atoms with Crippen molar-refractivity contribution in [1.29, 1.82) is 0 Å². The number of hydrogen-bond acceptors (Lipinski definition) is 2. The lowest BCUT2D eigenvalue weighted by atomic mass is 10.2. The van der Waals surface area contributed by atoms with Gasteiger partial charge < -0.3 is 0 Å². The van der Waals surface area contributed by atoms with E-state index in [1.54, 1.807) is 0 Å². The molecule has 0 saturated carbocycles. The Morgan fingerprint density at radius 2 is 2.46 bits per heavy atom. The van der Waals surface area contributed by atoms with Crippen LogP contribution in [-0.2, 0) is 0 Å². The second kappa shape index (κ2) is 3.36. The maximum absolute atomic E-state index is 4.26. The molecular weight excluding hydrogens is 228 g/mol. The van der Waals surface area contributed by atoms with E-state index in [1.165, 1.54) is 5.57 Å². The normalized spacial score (nSPS) is 20.2. The van der Waals surface area contributed by atoms with Gasteiger partial charge in [-0.15, -0.1) is 0 Å². The van der Waals surface area contributed by atoms with Crippen LogP contribution in [0.15, 0.2) is 44.9 Å². The number of hydrazone groups is 1. The predicted octanol–water partition coefficient (Wildman–Crippen LogP) is 2.91. The first-order valence-electron chi connectivity index (χ1n) is 4.10. The van der Waals surface area contributed by atoms with E-state index in [2.05, 4.69) is 39.8 Å². The maximum Gasteiger partial charge on any atom is 0.106 e. The Kier molecular flexibility index (Phi) is 2.21. The summed E-state index contributed by atoms with van der Waals surface area (Å²) >= 11 is 3.47. The van der Waals surface area contributed by atoms with Crippen molar-refractivity contribution in [2.45, 2.75) is 13.3 Å². The predicted molar refractivity (Wildman–Crippen MR) is 57.3 cm³/mol. The average molecular weight is 237 g/mol. The fourth-order valence-corrected chi connectivity index (χ4v) is 1.48. The molecule has 0 N–H and O–H groups in total. The highest BCUT2D eigenvalue weighted by molar-refractivity contribution is 9.12. The van der Waals surface area contributed by atoms with Crippen molar-refractivity contribution in [3.8, 4) is 0 Å². The minimum atomic E-state index is 0.846. The van der Waals surface area contributed by atoms with Crippen LogP contribution in [0.3, 0.4) is 0 Å². The molecule has 0 spiro atoms. The first-order chi connectivity index (χ1) is 6.27. The lowest BCUT2D eigenvalue weighted by molar-refractivity contribution is 0.512. The zero-order valence-corrected chi connectivity index (χ0v) is 8.87. The van der Waals surface area contributed by atoms with Crippen LogP contribution in [0, 0.1) is 0 Å². The molecule has 0 aromatic rings. The van der Waals surface area contributed by atoms with Crippen LogP contribution in [0.4, 0.5) is 0 Å². The summed E-state index contributed by atoms with van der Waals surface area (Å²) in [4.78, 5) is 0. The number of halogens is 1. The van der Waals surface area contributed by atoms with Gasteiger partial charge in [-0.05, 0) is 40.6 Å². The second-order valence-corrected chi connectivity index (χ2v) is 3.77. The number of hydrogen-bond donors (Lipinski definition) is 0. The van der Waals surface area contributed by atoms with E-state index in [4.69, 9.17) is 0 Å². The highest BCUT2D eigenvalue weighted by Crippen LogP contribution is 2.26. The van der Waals surface area contributed by atoms with Gasteiger partial charge in [0.25, 0.3) is 0 Å². The Bertz CT molecular complexity index is 382. The zero-order chi connectivity index (χ0) is 9.26. The fraction of sp³-hybridized carbons (Fsp3) is 0.200. The Balaban J connectivity index is 2.48. The molecule has 0 aliphatic carbocycles. The number of rotatable bonds is 0. The summed E-state index contributed by atoms with van der Waals surface area (Å²) in [6, 6.07) is 0. The van der Waals surface area contributed by atoms with Gasteiger partial charge in [0.05, 0.1) is 0 Å². The summed E-state index contributed by atoms with van der Waals surface area (Å²) in [5.74, 6) is 0. The molecule has 0 bridgehead atoms. The van der Waals surface area contributed by atoms with E-state index < -0.39 is 0 Å². The quantitative estimate of drug-likeness (QED) is 0.591. The lowest BCUT2D eigenvalue weighted by Gasteiger charge is -2.19. The van der Waals surface area contributed by atoms with Crippen LogP contribution in [0.1, 0.15) is 13.3 Å². The van der Waals surface area contributed by atoms with Crippen LogP contribution < -0.4 is 0 Å². The molecule has 0 aromatic heterocycles. The van der Waals surface area contributed by atoms with Gasteiger partial charge in [0.2, 0.25) is 0 Å². The molecule has 0 unspecified atom stereocenters. The summed E-state index contributed by atoms with van der Waals surface area (Å²) in [7, 11) is 0. The second-order valence-electron chi connectivity index (χ2n) is 2.92. The minimum absolute atomic E-state index is 0.846. The van der Waals surface area contributed by atoms with Gasteiger partial charge >= 0.3 is 0 Å². The molecule has 3 heteroatoms. The molecule has 0 atom stereocenters. The molecule has 66 valence electrons. The molecule has 0 radical (unpaired) electrons. The smallest absolute Gasteiger partial charge is 0.106 e. The largest absolute Gasteiger partial charge is 0.232 e. The molecular formula is C10H9BrN2. The molecule has 0 saturated heterocycles. The summed E-state index contributed by atoms with van der Waals surface area (Å²) in [5.41, 5.74) is 5.38. The van der Waals surface area contributed by atoms with Crippen LogP contribution in [0.5, 0.6) is 0 Å². The van der Waals surface area contributed by atoms with Gasteiger partial charge in [-0.2, -0.15) is 5.10 Å². The van der Waals surface area contributed by atoms with Crippen molar-refractivity contribution in [3.63, 3.8) is 0 Å². The minimum Gasteiger partial charge on any atom is -0.232 e. The standard InChI is InChI=1S/C10H9BrN2/c1-8-6-9-4-2-3-5-12-13(9)7-10(8)11/h2,5-7H,3H2,1H3. The first kappa shape index (κ1) is 8.54. The molecule has 2 aliphatic rings. The maximum atomic E-state index is 4.26. The van der Waals surface area contributed by atoms with Crippen molar-refractivity contribution in [1.82, 2.24) is 5.01 Å². The van der Waals surface area contributed by atoms with Crippen molar-refractivity contribution in [3.05, 3.63) is 39.8 Å². The van der Waals surface area contributed by atoms with Gasteiger partial charge in [0.15, 0.2) is 0 Å². The summed E-state index contributed by atoms with van der Waals surface area (Å²) < 4.78 is 1.07. The highest BCUT2D eigenvalue weighted by Gasteiger charge is 2.12. The Morgan fingerprint density at radius 1 is 1.62 bits per heavy atom. The average Bonchev–Trinajstić information content (AvgIpc) is 2.31. The fourth-order valence-electron chi connectivity index (χ4n) is 1.17. The van der Waals surface area contributed by atoms with E-state index in [1.807, 2.05) is 23.5 Å². The molecule has 2 heterocycles. The van der Waals surface area contributed by atoms with Gasteiger partial charge in [-0.3, -0.25) is 0 Å². The van der Waals surface area contributed by atoms with Crippen molar-refractivity contribution in [2.75, 3.05) is 0 Å². The lowest BCUT2D eigenvalue weighted by Crippen LogP contribution is -2.11. The third kappa shape index (κ3) is 1.67. The number of fused-ring (bicyclic) bond motifs is 1. The molecule has 2 aliphatic heterocycles.